The molecule has 3 N–H and O–H groups in total. The Bertz CT molecular complexity index is 802. The standard InChI is InChI=1S/C14H14N4O2/c1-2-20-10-5-3-9(4-6-10)12-7-13-16-8-11(15)14(19)18(13)17-12/h3-8,17H,2,15H2,1H3. The molecule has 0 radical (unpaired) electrons. The van der Waals surface area contributed by atoms with Crippen molar-refractivity contribution in [2.45, 2.75) is 6.92 Å². The third kappa shape index (κ3) is 2.01. The first kappa shape index (κ1) is 12.3. The van der Waals surface area contributed by atoms with E-state index in [0.717, 1.165) is 17.0 Å². The molecule has 0 amide bonds. The number of nitrogens with one attached hydrogen (secondary N) is 1. The van der Waals surface area contributed by atoms with E-state index >= 15 is 0 Å². The van der Waals surface area contributed by atoms with Gasteiger partial charge in [0.05, 0.1) is 18.5 Å². The van der Waals surface area contributed by atoms with E-state index in [2.05, 4.69) is 10.1 Å². The number of H-pyrrole nitrogens is 1. The zero-order chi connectivity index (χ0) is 14.1. The van der Waals surface area contributed by atoms with Gasteiger partial charge in [-0.2, -0.15) is 4.52 Å². The van der Waals surface area contributed by atoms with Gasteiger partial charge in [0.2, 0.25) is 0 Å². The van der Waals surface area contributed by atoms with Crippen molar-refractivity contribution in [3.8, 4) is 17.0 Å². The lowest BCUT2D eigenvalue weighted by Gasteiger charge is -2.03. The molecule has 2 heterocycles. The number of nitrogen functional groups attached to an aromatic ring is 1. The van der Waals surface area contributed by atoms with Crippen LogP contribution in [0.3, 0.4) is 0 Å². The number of ether oxygens (including phenoxy) is 1. The zero-order valence-electron chi connectivity index (χ0n) is 11.0. The maximum atomic E-state index is 11.9. The van der Waals surface area contributed by atoms with E-state index in [9.17, 15) is 4.79 Å². The van der Waals surface area contributed by atoms with E-state index in [0.29, 0.717) is 12.3 Å². The number of anilines is 1. The summed E-state index contributed by atoms with van der Waals surface area (Å²) in [5.41, 5.74) is 7.64. The molecule has 0 saturated heterocycles. The van der Waals surface area contributed by atoms with Gasteiger partial charge in [-0.05, 0) is 36.8 Å². The van der Waals surface area contributed by atoms with E-state index < -0.39 is 0 Å². The Hall–Kier alpha value is -2.76. The molecule has 6 nitrogen and oxygen atoms in total. The van der Waals surface area contributed by atoms with Gasteiger partial charge in [-0.3, -0.25) is 9.89 Å². The van der Waals surface area contributed by atoms with Crippen LogP contribution >= 0.6 is 0 Å². The average molecular weight is 270 g/mol. The number of hydrogen-bond acceptors (Lipinski definition) is 4. The van der Waals surface area contributed by atoms with Crippen LogP contribution in [0.4, 0.5) is 5.69 Å². The highest BCUT2D eigenvalue weighted by molar-refractivity contribution is 5.65. The molecule has 0 spiro atoms. The molecule has 3 rings (SSSR count). The predicted octanol–water partition coefficient (Wildman–Crippen LogP) is 1.67. The Kier molecular flexibility index (Phi) is 2.90. The van der Waals surface area contributed by atoms with Gasteiger partial charge in [0.25, 0.3) is 5.56 Å². The monoisotopic (exact) mass is 270 g/mol. The van der Waals surface area contributed by atoms with Gasteiger partial charge >= 0.3 is 0 Å². The number of fused-ring (bicyclic) bond motifs is 1. The molecule has 0 saturated carbocycles. The molecule has 0 atom stereocenters. The molecule has 0 aliphatic heterocycles. The van der Waals surface area contributed by atoms with E-state index in [-0.39, 0.29) is 11.2 Å². The maximum Gasteiger partial charge on any atom is 0.295 e. The molecular formula is C14H14N4O2. The number of hydrogen-bond donors (Lipinski definition) is 2. The van der Waals surface area contributed by atoms with Crippen LogP contribution in [0.25, 0.3) is 16.9 Å². The quantitative estimate of drug-likeness (QED) is 0.758. The summed E-state index contributed by atoms with van der Waals surface area (Å²) in [6.07, 6.45) is 1.37. The van der Waals surface area contributed by atoms with Crippen molar-refractivity contribution in [2.24, 2.45) is 0 Å². The number of rotatable bonds is 3. The Morgan fingerprint density at radius 3 is 2.80 bits per heavy atom. The van der Waals surface area contributed by atoms with Crippen LogP contribution in [0.1, 0.15) is 6.92 Å². The fraction of sp³-hybridized carbons (Fsp3) is 0.143. The molecule has 6 heteroatoms. The summed E-state index contributed by atoms with van der Waals surface area (Å²) in [7, 11) is 0. The van der Waals surface area contributed by atoms with Crippen LogP contribution in [-0.2, 0) is 0 Å². The summed E-state index contributed by atoms with van der Waals surface area (Å²) < 4.78 is 6.73. The second-order valence-electron chi connectivity index (χ2n) is 4.34. The minimum Gasteiger partial charge on any atom is -0.494 e. The van der Waals surface area contributed by atoms with Crippen LogP contribution < -0.4 is 16.0 Å². The molecule has 1 aromatic carbocycles. The third-order valence-electron chi connectivity index (χ3n) is 3.00. The van der Waals surface area contributed by atoms with Crippen molar-refractivity contribution in [1.29, 1.82) is 0 Å². The minimum absolute atomic E-state index is 0.114. The van der Waals surface area contributed by atoms with Crippen LogP contribution in [-0.4, -0.2) is 21.2 Å². The average Bonchev–Trinajstić information content (AvgIpc) is 2.89. The molecule has 2 aromatic heterocycles. The van der Waals surface area contributed by atoms with Crippen LogP contribution in [0.5, 0.6) is 5.75 Å². The van der Waals surface area contributed by atoms with E-state index in [1.54, 1.807) is 6.07 Å². The third-order valence-corrected chi connectivity index (χ3v) is 3.00. The summed E-state index contributed by atoms with van der Waals surface area (Å²) in [5.74, 6) is 0.812. The summed E-state index contributed by atoms with van der Waals surface area (Å²) >= 11 is 0. The number of benzene rings is 1. The highest BCUT2D eigenvalue weighted by atomic mass is 16.5. The Labute approximate surface area is 114 Å². The zero-order valence-corrected chi connectivity index (χ0v) is 11.0. The first-order valence-corrected chi connectivity index (χ1v) is 6.28. The van der Waals surface area contributed by atoms with Gasteiger partial charge in [-0.1, -0.05) is 0 Å². The molecule has 0 aliphatic rings. The van der Waals surface area contributed by atoms with Gasteiger partial charge in [-0.25, -0.2) is 4.98 Å². The first-order chi connectivity index (χ1) is 9.69. The molecular weight excluding hydrogens is 256 g/mol. The normalized spacial score (nSPS) is 10.8. The van der Waals surface area contributed by atoms with E-state index in [1.165, 1.54) is 10.7 Å². The number of aromatic nitrogens is 3. The number of aromatic amines is 1. The summed E-state index contributed by atoms with van der Waals surface area (Å²) in [4.78, 5) is 16.0. The van der Waals surface area contributed by atoms with Crippen molar-refractivity contribution in [2.75, 3.05) is 12.3 Å². The van der Waals surface area contributed by atoms with Crippen molar-refractivity contribution in [1.82, 2.24) is 14.6 Å². The summed E-state index contributed by atoms with van der Waals surface area (Å²) in [6.45, 7) is 2.57. The number of nitrogens with two attached hydrogens (primary N) is 1. The molecule has 3 aromatic rings. The second-order valence-corrected chi connectivity index (χ2v) is 4.34. The lowest BCUT2D eigenvalue weighted by atomic mass is 10.1. The maximum absolute atomic E-state index is 11.9. The fourth-order valence-electron chi connectivity index (χ4n) is 2.02. The molecule has 0 fully saturated rings. The Morgan fingerprint density at radius 2 is 2.10 bits per heavy atom. The van der Waals surface area contributed by atoms with Crippen molar-refractivity contribution in [3.05, 3.63) is 46.9 Å². The van der Waals surface area contributed by atoms with Crippen LogP contribution in [0.15, 0.2) is 41.3 Å². The largest absolute Gasteiger partial charge is 0.494 e. The first-order valence-electron chi connectivity index (χ1n) is 6.28. The van der Waals surface area contributed by atoms with Gasteiger partial charge in [-0.15, -0.1) is 0 Å². The highest BCUT2D eigenvalue weighted by Crippen LogP contribution is 2.21. The number of nitrogens with zero attached hydrogens (tertiary/aromatic N) is 2. The van der Waals surface area contributed by atoms with Crippen LogP contribution in [0.2, 0.25) is 0 Å². The minimum atomic E-state index is -0.299. The van der Waals surface area contributed by atoms with Gasteiger partial charge in [0.15, 0.2) is 5.65 Å². The fourth-order valence-corrected chi connectivity index (χ4v) is 2.02. The molecule has 20 heavy (non-hydrogen) atoms. The Balaban J connectivity index is 2.06. The molecule has 0 unspecified atom stereocenters. The van der Waals surface area contributed by atoms with Crippen LogP contribution in [0, 0.1) is 0 Å². The second kappa shape index (κ2) is 4.73. The predicted molar refractivity (Wildman–Crippen MR) is 76.8 cm³/mol. The van der Waals surface area contributed by atoms with Crippen molar-refractivity contribution in [3.63, 3.8) is 0 Å². The van der Waals surface area contributed by atoms with Crippen molar-refractivity contribution < 1.29 is 4.74 Å². The smallest absolute Gasteiger partial charge is 0.295 e. The molecule has 0 bridgehead atoms. The van der Waals surface area contributed by atoms with Gasteiger partial charge in [0.1, 0.15) is 11.4 Å². The van der Waals surface area contributed by atoms with Gasteiger partial charge < -0.3 is 10.5 Å². The lowest BCUT2D eigenvalue weighted by Crippen LogP contribution is -2.18. The van der Waals surface area contributed by atoms with E-state index in [1.807, 2.05) is 31.2 Å². The Morgan fingerprint density at radius 1 is 1.35 bits per heavy atom. The highest BCUT2D eigenvalue weighted by Gasteiger charge is 2.07. The van der Waals surface area contributed by atoms with Gasteiger partial charge in [0, 0.05) is 6.07 Å². The topological polar surface area (TPSA) is 85.4 Å². The SMILES string of the molecule is CCOc1ccc(-c2cc3ncc(N)c(=O)n3[nH]2)cc1. The summed E-state index contributed by atoms with van der Waals surface area (Å²) in [6, 6.07) is 9.41. The lowest BCUT2D eigenvalue weighted by molar-refractivity contribution is 0.340. The summed E-state index contributed by atoms with van der Waals surface area (Å²) in [5, 5.41) is 2.99. The van der Waals surface area contributed by atoms with Crippen molar-refractivity contribution >= 4 is 11.3 Å². The molecule has 102 valence electrons. The molecule has 0 aliphatic carbocycles. The van der Waals surface area contributed by atoms with E-state index in [4.69, 9.17) is 10.5 Å².